The smallest absolute Gasteiger partial charge is 0.305 e. The zero-order valence-corrected chi connectivity index (χ0v) is 14.0. The standard InChI is InChI=1S/C20H23NO3/c1-2-23-20(22)12-6-8-16-24-19-11-4-3-9-17(19)13-14-18-10-5-7-15-21-18/h3-5,7,9-11,13-15H,2,6,8,12,16H2,1H3. The molecule has 0 saturated carbocycles. The van der Waals surface area contributed by atoms with Crippen molar-refractivity contribution in [2.24, 2.45) is 0 Å². The maximum absolute atomic E-state index is 11.3. The number of para-hydroxylation sites is 1. The molecule has 126 valence electrons. The minimum absolute atomic E-state index is 0.142. The van der Waals surface area contributed by atoms with E-state index in [-0.39, 0.29) is 5.97 Å². The Kier molecular flexibility index (Phi) is 7.54. The van der Waals surface area contributed by atoms with Crippen molar-refractivity contribution in [2.75, 3.05) is 13.2 Å². The summed E-state index contributed by atoms with van der Waals surface area (Å²) < 4.78 is 10.7. The molecule has 0 saturated heterocycles. The number of carbonyl (C=O) groups is 1. The van der Waals surface area contributed by atoms with Crippen LogP contribution >= 0.6 is 0 Å². The lowest BCUT2D eigenvalue weighted by molar-refractivity contribution is -0.143. The number of aromatic nitrogens is 1. The Morgan fingerprint density at radius 3 is 2.71 bits per heavy atom. The van der Waals surface area contributed by atoms with Crippen molar-refractivity contribution in [1.29, 1.82) is 0 Å². The molecule has 0 fully saturated rings. The van der Waals surface area contributed by atoms with Gasteiger partial charge in [0.1, 0.15) is 5.75 Å². The average molecular weight is 325 g/mol. The van der Waals surface area contributed by atoms with Gasteiger partial charge in [0.05, 0.1) is 18.9 Å². The molecule has 0 aliphatic carbocycles. The van der Waals surface area contributed by atoms with E-state index in [1.165, 1.54) is 0 Å². The summed E-state index contributed by atoms with van der Waals surface area (Å²) in [5.41, 5.74) is 1.91. The molecule has 0 spiro atoms. The summed E-state index contributed by atoms with van der Waals surface area (Å²) in [5, 5.41) is 0. The van der Waals surface area contributed by atoms with Crippen LogP contribution in [0.5, 0.6) is 5.75 Å². The lowest BCUT2D eigenvalue weighted by atomic mass is 10.1. The number of benzene rings is 1. The second kappa shape index (κ2) is 10.2. The maximum atomic E-state index is 11.3. The van der Waals surface area contributed by atoms with Crippen LogP contribution in [0.2, 0.25) is 0 Å². The van der Waals surface area contributed by atoms with E-state index in [2.05, 4.69) is 4.98 Å². The van der Waals surface area contributed by atoms with Gasteiger partial charge in [-0.3, -0.25) is 9.78 Å². The first-order chi connectivity index (χ1) is 11.8. The molecule has 0 amide bonds. The van der Waals surface area contributed by atoms with E-state index in [9.17, 15) is 4.79 Å². The first kappa shape index (κ1) is 17.7. The highest BCUT2D eigenvalue weighted by Gasteiger charge is 2.03. The molecule has 24 heavy (non-hydrogen) atoms. The Morgan fingerprint density at radius 1 is 1.08 bits per heavy atom. The molecule has 0 aliphatic heterocycles. The Bertz CT molecular complexity index is 653. The molecule has 0 radical (unpaired) electrons. The fourth-order valence-corrected chi connectivity index (χ4v) is 2.19. The van der Waals surface area contributed by atoms with Crippen LogP contribution < -0.4 is 4.74 Å². The summed E-state index contributed by atoms with van der Waals surface area (Å²) in [6.45, 7) is 2.83. The number of hydrogen-bond donors (Lipinski definition) is 0. The largest absolute Gasteiger partial charge is 0.493 e. The molecule has 0 atom stereocenters. The number of pyridine rings is 1. The molecule has 4 nitrogen and oxygen atoms in total. The van der Waals surface area contributed by atoms with Gasteiger partial charge in [-0.2, -0.15) is 0 Å². The normalized spacial score (nSPS) is 10.7. The van der Waals surface area contributed by atoms with E-state index in [4.69, 9.17) is 9.47 Å². The van der Waals surface area contributed by atoms with Crippen molar-refractivity contribution in [2.45, 2.75) is 26.2 Å². The number of hydrogen-bond acceptors (Lipinski definition) is 4. The molecule has 1 heterocycles. The van der Waals surface area contributed by atoms with Gasteiger partial charge in [0, 0.05) is 18.2 Å². The molecule has 2 rings (SSSR count). The molecular weight excluding hydrogens is 302 g/mol. The fourth-order valence-electron chi connectivity index (χ4n) is 2.19. The van der Waals surface area contributed by atoms with Crippen LogP contribution in [0.3, 0.4) is 0 Å². The van der Waals surface area contributed by atoms with E-state index in [0.717, 1.165) is 29.8 Å². The summed E-state index contributed by atoms with van der Waals surface area (Å²) in [4.78, 5) is 15.5. The van der Waals surface area contributed by atoms with Crippen LogP contribution in [0, 0.1) is 0 Å². The third kappa shape index (κ3) is 6.24. The zero-order valence-electron chi connectivity index (χ0n) is 14.0. The Morgan fingerprint density at radius 2 is 1.92 bits per heavy atom. The monoisotopic (exact) mass is 325 g/mol. The number of nitrogens with zero attached hydrogens (tertiary/aromatic N) is 1. The van der Waals surface area contributed by atoms with Gasteiger partial charge in [-0.05, 0) is 50.1 Å². The molecule has 2 aromatic rings. The lowest BCUT2D eigenvalue weighted by Crippen LogP contribution is -2.05. The van der Waals surface area contributed by atoms with Crippen molar-refractivity contribution in [3.05, 3.63) is 59.9 Å². The molecule has 1 aromatic heterocycles. The quantitative estimate of drug-likeness (QED) is 0.507. The molecular formula is C20H23NO3. The molecule has 1 aromatic carbocycles. The minimum Gasteiger partial charge on any atom is -0.493 e. The van der Waals surface area contributed by atoms with Gasteiger partial charge < -0.3 is 9.47 Å². The number of unbranched alkanes of at least 4 members (excludes halogenated alkanes) is 1. The van der Waals surface area contributed by atoms with Gasteiger partial charge in [-0.1, -0.05) is 24.3 Å². The van der Waals surface area contributed by atoms with Gasteiger partial charge >= 0.3 is 5.97 Å². The molecule has 0 bridgehead atoms. The number of ether oxygens (including phenoxy) is 2. The summed E-state index contributed by atoms with van der Waals surface area (Å²) >= 11 is 0. The summed E-state index contributed by atoms with van der Waals surface area (Å²) in [6, 6.07) is 13.7. The minimum atomic E-state index is -0.142. The highest BCUT2D eigenvalue weighted by molar-refractivity contribution is 5.71. The van der Waals surface area contributed by atoms with Crippen LogP contribution in [-0.2, 0) is 9.53 Å². The number of carbonyl (C=O) groups excluding carboxylic acids is 1. The van der Waals surface area contributed by atoms with E-state index >= 15 is 0 Å². The molecule has 0 aliphatic rings. The van der Waals surface area contributed by atoms with Crippen molar-refractivity contribution in [1.82, 2.24) is 4.98 Å². The first-order valence-electron chi connectivity index (χ1n) is 8.26. The van der Waals surface area contributed by atoms with Gasteiger partial charge in [0.2, 0.25) is 0 Å². The van der Waals surface area contributed by atoms with Gasteiger partial charge in [-0.15, -0.1) is 0 Å². The molecule has 0 unspecified atom stereocenters. The van der Waals surface area contributed by atoms with Crippen LogP contribution in [0.15, 0.2) is 48.7 Å². The van der Waals surface area contributed by atoms with Crippen LogP contribution in [0.1, 0.15) is 37.4 Å². The maximum Gasteiger partial charge on any atom is 0.305 e. The SMILES string of the molecule is CCOC(=O)CCCCOc1ccccc1C=Cc1ccccn1. The van der Waals surface area contributed by atoms with Crippen LogP contribution in [0.4, 0.5) is 0 Å². The Hall–Kier alpha value is -2.62. The highest BCUT2D eigenvalue weighted by atomic mass is 16.5. The molecule has 4 heteroatoms. The van der Waals surface area contributed by atoms with Crippen LogP contribution in [0.25, 0.3) is 12.2 Å². The van der Waals surface area contributed by atoms with E-state index in [0.29, 0.717) is 19.6 Å². The summed E-state index contributed by atoms with van der Waals surface area (Å²) in [7, 11) is 0. The zero-order chi connectivity index (χ0) is 17.0. The third-order valence-corrected chi connectivity index (χ3v) is 3.38. The van der Waals surface area contributed by atoms with Gasteiger partial charge in [0.25, 0.3) is 0 Å². The fraction of sp³-hybridized carbons (Fsp3) is 0.300. The summed E-state index contributed by atoms with van der Waals surface area (Å²) in [6.07, 6.45) is 7.76. The predicted octanol–water partition coefficient (Wildman–Crippen LogP) is 4.36. The summed E-state index contributed by atoms with van der Waals surface area (Å²) in [5.74, 6) is 0.692. The average Bonchev–Trinajstić information content (AvgIpc) is 2.61. The van der Waals surface area contributed by atoms with Crippen molar-refractivity contribution >= 4 is 18.1 Å². The Balaban J connectivity index is 1.83. The lowest BCUT2D eigenvalue weighted by Gasteiger charge is -2.09. The first-order valence-corrected chi connectivity index (χ1v) is 8.26. The van der Waals surface area contributed by atoms with Crippen molar-refractivity contribution in [3.8, 4) is 5.75 Å². The van der Waals surface area contributed by atoms with E-state index < -0.39 is 0 Å². The van der Waals surface area contributed by atoms with E-state index in [1.807, 2.05) is 61.5 Å². The third-order valence-electron chi connectivity index (χ3n) is 3.38. The molecule has 0 N–H and O–H groups in total. The topological polar surface area (TPSA) is 48.4 Å². The van der Waals surface area contributed by atoms with Crippen molar-refractivity contribution < 1.29 is 14.3 Å². The number of rotatable bonds is 9. The highest BCUT2D eigenvalue weighted by Crippen LogP contribution is 2.20. The van der Waals surface area contributed by atoms with Crippen LogP contribution in [-0.4, -0.2) is 24.2 Å². The Labute approximate surface area is 143 Å². The van der Waals surface area contributed by atoms with Crippen molar-refractivity contribution in [3.63, 3.8) is 0 Å². The van der Waals surface area contributed by atoms with Gasteiger partial charge in [-0.25, -0.2) is 0 Å². The van der Waals surface area contributed by atoms with Gasteiger partial charge in [0.15, 0.2) is 0 Å². The number of esters is 1. The predicted molar refractivity (Wildman–Crippen MR) is 95.6 cm³/mol. The second-order valence-electron chi connectivity index (χ2n) is 5.24. The second-order valence-corrected chi connectivity index (χ2v) is 5.24. The van der Waals surface area contributed by atoms with E-state index in [1.54, 1.807) is 6.20 Å².